The van der Waals surface area contributed by atoms with Gasteiger partial charge in [0.15, 0.2) is 17.2 Å². The van der Waals surface area contributed by atoms with E-state index in [4.69, 9.17) is 9.47 Å². The van der Waals surface area contributed by atoms with Crippen LogP contribution >= 0.6 is 63.7 Å². The van der Waals surface area contributed by atoms with Gasteiger partial charge in [0.25, 0.3) is 11.8 Å². The number of halogens is 4. The molecule has 0 radical (unpaired) electrons. The molecule has 4 aromatic carbocycles. The van der Waals surface area contributed by atoms with Crippen molar-refractivity contribution in [1.82, 2.24) is 10.6 Å². The van der Waals surface area contributed by atoms with Crippen molar-refractivity contribution in [3.63, 3.8) is 0 Å². The molecule has 0 saturated carbocycles. The maximum Gasteiger partial charge on any atom is 0.269 e. The van der Waals surface area contributed by atoms with Crippen LogP contribution in [-0.4, -0.2) is 51.8 Å². The highest BCUT2D eigenvalue weighted by atomic mass is 79.9. The average molecular weight is 952 g/mol. The zero-order chi connectivity index (χ0) is 36.7. The van der Waals surface area contributed by atoms with E-state index in [0.717, 1.165) is 21.2 Å². The number of benzene rings is 4. The van der Waals surface area contributed by atoms with Crippen molar-refractivity contribution in [1.29, 1.82) is 0 Å². The lowest BCUT2D eigenvalue weighted by Crippen LogP contribution is -2.33. The lowest BCUT2D eigenvalue weighted by molar-refractivity contribution is -0.115. The average Bonchev–Trinajstić information content (AvgIpc) is 3.09. The quantitative estimate of drug-likeness (QED) is 0.0873. The first-order valence-electron chi connectivity index (χ1n) is 15.7. The van der Waals surface area contributed by atoms with Crippen molar-refractivity contribution in [2.24, 2.45) is 10.3 Å². The third-order valence-corrected chi connectivity index (χ3v) is 10.6. The van der Waals surface area contributed by atoms with E-state index < -0.39 is 11.8 Å². The lowest BCUT2D eigenvalue weighted by atomic mass is 10.0. The van der Waals surface area contributed by atoms with Gasteiger partial charge in [-0.15, -0.1) is 0 Å². The van der Waals surface area contributed by atoms with Gasteiger partial charge in [0.2, 0.25) is 0 Å². The van der Waals surface area contributed by atoms with Crippen LogP contribution in [0.15, 0.2) is 88.9 Å². The number of ether oxygens (including phenoxy) is 2. The van der Waals surface area contributed by atoms with Gasteiger partial charge >= 0.3 is 0 Å². The van der Waals surface area contributed by atoms with Gasteiger partial charge in [0.1, 0.15) is 22.9 Å². The highest BCUT2D eigenvalue weighted by Gasteiger charge is 2.20. The van der Waals surface area contributed by atoms with E-state index in [9.17, 15) is 25.1 Å². The Balaban J connectivity index is 1.44. The number of amides is 2. The molecule has 4 aromatic rings. The number of nitrogens with zero attached hydrogens (tertiary/aromatic N) is 2. The number of nitrogens with one attached hydrogen (secondary N) is 2. The highest BCUT2D eigenvalue weighted by Crippen LogP contribution is 2.41. The molecule has 3 aliphatic rings. The number of phenolic OH excluding ortho intramolecular Hbond substituents is 1. The Morgan fingerprint density at radius 1 is 0.627 bits per heavy atom. The van der Waals surface area contributed by atoms with Gasteiger partial charge in [-0.1, -0.05) is 38.4 Å². The molecular weight excluding hydrogens is 920 g/mol. The SMILES string of the molecule is Cc1c(Br)cc2cc1Oc1c(Br)cc(cc1Br)C/C(=N\O)C(=O)NCCCc1ccc(c(Br)c1)Oc1cc(ccc1O)CCNC(=O)/C(=N/O)C2. The standard InChI is InChI=1S/C36H32Br4N4O7/c1-19-24(37)12-23-16-29(44-49)36(47)42-10-8-21-4-6-30(45)33(17-21)50-31-7-5-20(11-25(31)38)3-2-9-41-35(46)28(43-48)15-22-13-26(39)34(27(40)14-22)51-32(19)18-23/h4-7,11-14,17-18,45,48-49H,2-3,8-10,15-16H2,1H3,(H,41,46)(H,42,47)/b43-28+,44-29+. The Bertz CT molecular complexity index is 2010. The van der Waals surface area contributed by atoms with E-state index in [-0.39, 0.29) is 42.3 Å². The number of oxime groups is 2. The molecule has 5 N–H and O–H groups in total. The third-order valence-electron chi connectivity index (χ3n) is 8.00. The van der Waals surface area contributed by atoms with Crippen LogP contribution in [0, 0.1) is 6.92 Å². The minimum atomic E-state index is -0.541. The molecular formula is C36H32Br4N4O7. The van der Waals surface area contributed by atoms with Gasteiger partial charge < -0.3 is 35.6 Å². The number of carbonyl (C=O) groups excluding carboxylic acids is 2. The van der Waals surface area contributed by atoms with Crippen LogP contribution in [-0.2, 0) is 35.3 Å². The summed E-state index contributed by atoms with van der Waals surface area (Å²) in [5.74, 6) is 0.604. The van der Waals surface area contributed by atoms with Gasteiger partial charge in [-0.2, -0.15) is 0 Å². The highest BCUT2D eigenvalue weighted by molar-refractivity contribution is 9.11. The van der Waals surface area contributed by atoms with Crippen molar-refractivity contribution >= 4 is 87.0 Å². The van der Waals surface area contributed by atoms with Gasteiger partial charge in [-0.05, 0) is 145 Å². The summed E-state index contributed by atoms with van der Waals surface area (Å²) < 4.78 is 14.9. The van der Waals surface area contributed by atoms with Gasteiger partial charge in [0.05, 0.1) is 13.4 Å². The second kappa shape index (κ2) is 17.5. The van der Waals surface area contributed by atoms with Crippen LogP contribution in [0.5, 0.6) is 28.7 Å². The topological polar surface area (TPSA) is 162 Å². The van der Waals surface area contributed by atoms with E-state index in [2.05, 4.69) is 84.7 Å². The molecule has 15 heteroatoms. The fraction of sp³-hybridized carbons (Fsp3) is 0.222. The van der Waals surface area contributed by atoms with Crippen LogP contribution in [0.1, 0.15) is 34.2 Å². The fourth-order valence-corrected chi connectivity index (χ4v) is 7.70. The Labute approximate surface area is 327 Å². The number of rotatable bonds is 0. The molecule has 266 valence electrons. The first-order chi connectivity index (χ1) is 24.4. The molecule has 0 spiro atoms. The molecule has 0 aliphatic carbocycles. The first kappa shape index (κ1) is 38.3. The Morgan fingerprint density at radius 3 is 1.82 bits per heavy atom. The summed E-state index contributed by atoms with van der Waals surface area (Å²) in [7, 11) is 0. The van der Waals surface area contributed by atoms with Crippen molar-refractivity contribution in [2.75, 3.05) is 13.1 Å². The molecule has 3 heterocycles. The molecule has 2 amide bonds. The fourth-order valence-electron chi connectivity index (χ4n) is 5.26. The maximum atomic E-state index is 13.1. The third kappa shape index (κ3) is 9.90. The molecule has 0 atom stereocenters. The molecule has 0 unspecified atom stereocenters. The smallest absolute Gasteiger partial charge is 0.269 e. The van der Waals surface area contributed by atoms with Crippen LogP contribution < -0.4 is 20.1 Å². The second-order valence-electron chi connectivity index (χ2n) is 11.7. The summed E-state index contributed by atoms with van der Waals surface area (Å²) in [6.07, 6.45) is 1.76. The monoisotopic (exact) mass is 948 g/mol. The van der Waals surface area contributed by atoms with Gasteiger partial charge in [-0.25, -0.2) is 0 Å². The predicted molar refractivity (Wildman–Crippen MR) is 207 cm³/mol. The van der Waals surface area contributed by atoms with Crippen LogP contribution in [0.4, 0.5) is 0 Å². The molecule has 8 bridgehead atoms. The first-order valence-corrected chi connectivity index (χ1v) is 18.8. The van der Waals surface area contributed by atoms with Gasteiger partial charge in [-0.3, -0.25) is 9.59 Å². The van der Waals surface area contributed by atoms with E-state index >= 15 is 0 Å². The van der Waals surface area contributed by atoms with Crippen molar-refractivity contribution in [2.45, 2.75) is 39.0 Å². The van der Waals surface area contributed by atoms with Crippen LogP contribution in [0.3, 0.4) is 0 Å². The van der Waals surface area contributed by atoms with Crippen molar-refractivity contribution in [3.05, 3.63) is 106 Å². The van der Waals surface area contributed by atoms with Crippen LogP contribution in [0.2, 0.25) is 0 Å². The summed E-state index contributed by atoms with van der Waals surface area (Å²) in [6.45, 7) is 2.46. The normalized spacial score (nSPS) is 16.4. The number of phenols is 1. The Hall–Kier alpha value is -3.92. The largest absolute Gasteiger partial charge is 0.504 e. The number of aryl methyl sites for hydroxylation is 1. The Kier molecular flexibility index (Phi) is 13.2. The Morgan fingerprint density at radius 2 is 1.18 bits per heavy atom. The number of hydrogen-bond donors (Lipinski definition) is 5. The molecule has 0 aromatic heterocycles. The summed E-state index contributed by atoms with van der Waals surface area (Å²) in [6, 6.07) is 17.7. The van der Waals surface area contributed by atoms with E-state index in [0.29, 0.717) is 67.6 Å². The molecule has 0 fully saturated rings. The summed E-state index contributed by atoms with van der Waals surface area (Å²) in [4.78, 5) is 26.0. The van der Waals surface area contributed by atoms with Crippen molar-refractivity contribution in [3.8, 4) is 28.7 Å². The zero-order valence-corrected chi connectivity index (χ0v) is 33.4. The maximum absolute atomic E-state index is 13.1. The van der Waals surface area contributed by atoms with E-state index in [1.54, 1.807) is 36.4 Å². The molecule has 7 rings (SSSR count). The summed E-state index contributed by atoms with van der Waals surface area (Å²) in [5.41, 5.74) is 3.76. The lowest BCUT2D eigenvalue weighted by Gasteiger charge is -2.16. The van der Waals surface area contributed by atoms with E-state index in [1.165, 1.54) is 6.07 Å². The molecule has 0 saturated heterocycles. The molecule has 3 aliphatic heterocycles. The number of aromatic hydroxyl groups is 1. The number of carbonyl (C=O) groups is 2. The number of fused-ring (bicyclic) bond motifs is 2. The minimum absolute atomic E-state index is 0.00898. The summed E-state index contributed by atoms with van der Waals surface area (Å²) in [5, 5.41) is 42.1. The predicted octanol–water partition coefficient (Wildman–Crippen LogP) is 8.50. The van der Waals surface area contributed by atoms with Crippen LogP contribution in [0.25, 0.3) is 0 Å². The zero-order valence-electron chi connectivity index (χ0n) is 27.1. The second-order valence-corrected chi connectivity index (χ2v) is 15.1. The minimum Gasteiger partial charge on any atom is -0.504 e. The van der Waals surface area contributed by atoms with E-state index in [1.807, 2.05) is 25.1 Å². The van der Waals surface area contributed by atoms with Crippen molar-refractivity contribution < 1.29 is 34.6 Å². The summed E-state index contributed by atoms with van der Waals surface area (Å²) >= 11 is 14.3. The molecule has 51 heavy (non-hydrogen) atoms. The van der Waals surface area contributed by atoms with Gasteiger partial charge in [0, 0.05) is 36.0 Å². The number of hydrogen-bond acceptors (Lipinski definition) is 9. The molecule has 11 nitrogen and oxygen atoms in total.